The molecule has 4 nitrogen and oxygen atoms in total. The number of anilines is 1. The van der Waals surface area contributed by atoms with Gasteiger partial charge in [-0.05, 0) is 71.5 Å². The van der Waals surface area contributed by atoms with Crippen molar-refractivity contribution in [3.8, 4) is 0 Å². The van der Waals surface area contributed by atoms with Crippen molar-refractivity contribution in [3.63, 3.8) is 0 Å². The minimum atomic E-state index is -2.19. The third-order valence-corrected chi connectivity index (χ3v) is 7.57. The minimum Gasteiger partial charge on any atom is -0.410 e. The van der Waals surface area contributed by atoms with E-state index in [1.807, 2.05) is 0 Å². The van der Waals surface area contributed by atoms with Gasteiger partial charge in [-0.25, -0.2) is 0 Å². The fraction of sp³-hybridized carbons (Fsp3) is 0.483. The largest absolute Gasteiger partial charge is 0.646 e. The highest BCUT2D eigenvalue weighted by Crippen LogP contribution is 2.38. The zero-order valence-corrected chi connectivity index (χ0v) is 24.1. The van der Waals surface area contributed by atoms with Crippen molar-refractivity contribution in [2.75, 3.05) is 3.88 Å². The van der Waals surface area contributed by atoms with Crippen molar-refractivity contribution in [2.45, 2.75) is 92.9 Å². The van der Waals surface area contributed by atoms with E-state index in [4.69, 9.17) is 14.4 Å². The Hall–Kier alpha value is -1.90. The topological polar surface area (TPSA) is 67.6 Å². The van der Waals surface area contributed by atoms with E-state index in [2.05, 4.69) is 116 Å². The highest BCUT2D eigenvalue weighted by molar-refractivity contribution is 6.57. The lowest BCUT2D eigenvalue weighted by Crippen LogP contribution is -2.54. The normalized spacial score (nSPS) is 12.9. The van der Waals surface area contributed by atoms with E-state index >= 15 is 0 Å². The van der Waals surface area contributed by atoms with Gasteiger partial charge in [0.1, 0.15) is 0 Å². The fourth-order valence-electron chi connectivity index (χ4n) is 4.57. The highest BCUT2D eigenvalue weighted by Gasteiger charge is 2.28. The summed E-state index contributed by atoms with van der Waals surface area (Å²) >= 11 is -2.19. The molecule has 0 aliphatic rings. The predicted octanol–water partition coefficient (Wildman–Crippen LogP) is 7.59. The molecule has 0 bridgehead atoms. The van der Waals surface area contributed by atoms with Gasteiger partial charge in [-0.1, -0.05) is 91.8 Å². The van der Waals surface area contributed by atoms with Crippen LogP contribution in [-0.4, -0.2) is 20.5 Å². The Balaban J connectivity index is 2.67. The molecule has 4 N–H and O–H groups in total. The van der Waals surface area contributed by atoms with Crippen LogP contribution in [-0.2, 0) is 0 Å². The highest BCUT2D eigenvalue weighted by atomic mass is 27.2. The maximum Gasteiger partial charge on any atom is 0.646 e. The summed E-state index contributed by atoms with van der Waals surface area (Å²) in [7, 11) is 0. The zero-order chi connectivity index (χ0) is 25.7. The van der Waals surface area contributed by atoms with Crippen LogP contribution in [0.3, 0.4) is 0 Å². The summed E-state index contributed by atoms with van der Waals surface area (Å²) < 4.78 is 15.3. The molecule has 0 aliphatic carbocycles. The average Bonchev–Trinajstić information content (AvgIpc) is 2.72. The Morgan fingerprint density at radius 1 is 0.735 bits per heavy atom. The van der Waals surface area contributed by atoms with Crippen LogP contribution in [0.15, 0.2) is 53.2 Å². The molecule has 34 heavy (non-hydrogen) atoms. The van der Waals surface area contributed by atoms with E-state index in [0.29, 0.717) is 23.7 Å². The predicted molar refractivity (Wildman–Crippen MR) is 152 cm³/mol. The van der Waals surface area contributed by atoms with Crippen molar-refractivity contribution in [1.29, 1.82) is 0 Å². The smallest absolute Gasteiger partial charge is 0.410 e. The van der Waals surface area contributed by atoms with Crippen molar-refractivity contribution < 1.29 is 0 Å². The van der Waals surface area contributed by atoms with Crippen LogP contribution < -0.4 is 13.3 Å². The Bertz CT molecular complexity index is 980. The molecule has 0 saturated heterocycles. The molecular weight excluding hydrogens is 431 g/mol. The lowest BCUT2D eigenvalue weighted by Gasteiger charge is -2.33. The summed E-state index contributed by atoms with van der Waals surface area (Å²) in [6.45, 7) is 22.0. The molecule has 0 radical (unpaired) electrons. The molecule has 2 aromatic carbocycles. The number of rotatable bonds is 9. The first kappa shape index (κ1) is 28.3. The Labute approximate surface area is 213 Å². The van der Waals surface area contributed by atoms with Crippen molar-refractivity contribution in [1.82, 2.24) is 0 Å². The van der Waals surface area contributed by atoms with Crippen LogP contribution in [0.25, 0.3) is 0 Å². The first-order chi connectivity index (χ1) is 15.9. The zero-order valence-electron chi connectivity index (χ0n) is 23.0. The third kappa shape index (κ3) is 6.61. The summed E-state index contributed by atoms with van der Waals surface area (Å²) in [6.07, 6.45) is 2.14. The van der Waals surface area contributed by atoms with Gasteiger partial charge in [-0.15, -0.1) is 0 Å². The molecule has 5 heteroatoms. The molecule has 2 aromatic rings. The third-order valence-electron chi connectivity index (χ3n) is 6.31. The summed E-state index contributed by atoms with van der Waals surface area (Å²) in [5.41, 5.74) is 9.42. The van der Waals surface area contributed by atoms with E-state index in [1.54, 1.807) is 0 Å². The van der Waals surface area contributed by atoms with Gasteiger partial charge in [0.15, 0.2) is 0 Å². The van der Waals surface area contributed by atoms with Gasteiger partial charge in [0.25, 0.3) is 0 Å². The van der Waals surface area contributed by atoms with Crippen molar-refractivity contribution in [3.05, 3.63) is 70.4 Å². The lowest BCUT2D eigenvalue weighted by molar-refractivity contribution is 0.830. The quantitative estimate of drug-likeness (QED) is 0.289. The van der Waals surface area contributed by atoms with Gasteiger partial charge in [-0.3, -0.25) is 4.99 Å². The number of nitrogens with zero attached hydrogens (tertiary/aromatic N) is 2. The number of para-hydroxylation sites is 2. The molecule has 0 saturated carbocycles. The van der Waals surface area contributed by atoms with Crippen LogP contribution in [0, 0.1) is 0 Å². The monoisotopic (exact) mass is 476 g/mol. The van der Waals surface area contributed by atoms with Crippen LogP contribution in [0.5, 0.6) is 0 Å². The maximum absolute atomic E-state index is 6.53. The first-order valence-corrected chi connectivity index (χ1v) is 14.5. The van der Waals surface area contributed by atoms with Gasteiger partial charge in [-0.2, -0.15) is 0 Å². The van der Waals surface area contributed by atoms with Gasteiger partial charge in [0, 0.05) is 11.4 Å². The van der Waals surface area contributed by atoms with Crippen LogP contribution in [0.1, 0.15) is 115 Å². The van der Waals surface area contributed by atoms with E-state index in [1.165, 1.54) is 27.9 Å². The molecule has 0 atom stereocenters. The molecule has 0 aromatic heterocycles. The summed E-state index contributed by atoms with van der Waals surface area (Å²) in [6, 6.07) is 13.1. The van der Waals surface area contributed by atoms with E-state index in [9.17, 15) is 0 Å². The second-order valence-electron chi connectivity index (χ2n) is 10.6. The van der Waals surface area contributed by atoms with E-state index < -0.39 is 14.8 Å². The standard InChI is InChI=1S/C29H41N2.Al.2H2N/c1-18(2)24-13-11-14-25(19(3)4)28(24)30-22(9)17-23(10)31-29-26(20(5)6)15-12-16-27(29)21(7)8;;;/h11-21H,1-10H3;;2*1H2/q-1;+3;2*-1/b22-17-,31-23?;;;. The number of allylic oxidation sites excluding steroid dienone is 2. The molecular formula is C29H45AlN4. The number of nitrogens with two attached hydrogens (primary N) is 2. The molecule has 0 fully saturated rings. The Kier molecular flexibility index (Phi) is 10.2. The molecule has 0 amide bonds. The molecule has 0 aliphatic heterocycles. The van der Waals surface area contributed by atoms with Gasteiger partial charge in [0.2, 0.25) is 0 Å². The lowest BCUT2D eigenvalue weighted by atomic mass is 9.92. The summed E-state index contributed by atoms with van der Waals surface area (Å²) in [4.78, 5) is 5.14. The van der Waals surface area contributed by atoms with Gasteiger partial charge >= 0.3 is 14.8 Å². The first-order valence-electron chi connectivity index (χ1n) is 12.7. The van der Waals surface area contributed by atoms with Crippen LogP contribution >= 0.6 is 0 Å². The van der Waals surface area contributed by atoms with Crippen LogP contribution in [0.2, 0.25) is 0 Å². The second-order valence-corrected chi connectivity index (χ2v) is 12.1. The van der Waals surface area contributed by atoms with E-state index in [-0.39, 0.29) is 0 Å². The minimum absolute atomic E-state index is 0.373. The number of hydrogen-bond acceptors (Lipinski definition) is 4. The maximum atomic E-state index is 6.53. The SMILES string of the molecule is CC(/C=C(/C)[N](c1c(C(C)C)cccc1C(C)C)[Al]([NH2])[NH2])=Nc1c(C(C)C)cccc1C(C)C. The average molecular weight is 477 g/mol. The van der Waals surface area contributed by atoms with Crippen molar-refractivity contribution in [2.24, 2.45) is 14.4 Å². The molecule has 2 rings (SSSR count). The number of hydrogen-bond donors (Lipinski definition) is 2. The van der Waals surface area contributed by atoms with Crippen LogP contribution in [0.4, 0.5) is 11.4 Å². The Morgan fingerprint density at radius 3 is 1.47 bits per heavy atom. The summed E-state index contributed by atoms with van der Waals surface area (Å²) in [5.74, 6) is 1.56. The molecule has 0 spiro atoms. The van der Waals surface area contributed by atoms with E-state index in [0.717, 1.165) is 17.1 Å². The molecule has 0 unspecified atom stereocenters. The number of benzene rings is 2. The Morgan fingerprint density at radius 2 is 1.12 bits per heavy atom. The summed E-state index contributed by atoms with van der Waals surface area (Å²) in [5, 5.41) is 0. The van der Waals surface area contributed by atoms with Gasteiger partial charge in [0.05, 0.1) is 5.69 Å². The number of aliphatic imine (C=N–C) groups is 1. The van der Waals surface area contributed by atoms with Crippen molar-refractivity contribution >= 4 is 31.9 Å². The molecule has 0 heterocycles. The molecule has 184 valence electrons. The fourth-order valence-corrected chi connectivity index (χ4v) is 5.71. The van der Waals surface area contributed by atoms with Gasteiger partial charge < -0.3 is 13.3 Å². The second kappa shape index (κ2) is 12.2.